The molecule has 0 aliphatic rings. The molecule has 2 aromatic rings. The minimum Gasteiger partial charge on any atom is -0.481 e. The lowest BCUT2D eigenvalue weighted by molar-refractivity contribution is -0.136. The fourth-order valence-electron chi connectivity index (χ4n) is 1.84. The summed E-state index contributed by atoms with van der Waals surface area (Å²) in [6, 6.07) is 12.6. The second kappa shape index (κ2) is 10.0. The van der Waals surface area contributed by atoms with Gasteiger partial charge in [0.15, 0.2) is 5.96 Å². The lowest BCUT2D eigenvalue weighted by atomic mass is 10.1. The van der Waals surface area contributed by atoms with E-state index in [1.54, 1.807) is 48.5 Å². The summed E-state index contributed by atoms with van der Waals surface area (Å²) in [4.78, 5) is 26.5. The van der Waals surface area contributed by atoms with Gasteiger partial charge in [0.1, 0.15) is 5.75 Å². The predicted molar refractivity (Wildman–Crippen MR) is 102 cm³/mol. The smallest absolute Gasteiger partial charge is 0.343 e. The third-order valence-corrected chi connectivity index (χ3v) is 2.85. The molecule has 0 aliphatic heterocycles. The number of guanidine groups is 1. The molecule has 2 rings (SSSR count). The van der Waals surface area contributed by atoms with Crippen LogP contribution in [0.4, 0.5) is 5.69 Å². The summed E-state index contributed by atoms with van der Waals surface area (Å²) in [5, 5.41) is 8.70. The molecule has 0 saturated carbocycles. The Morgan fingerprint density at radius 1 is 1.04 bits per heavy atom. The molecule has 0 unspecified atom stereocenters. The highest BCUT2D eigenvalue weighted by Crippen LogP contribution is 2.17. The van der Waals surface area contributed by atoms with Crippen LogP contribution in [0.2, 0.25) is 0 Å². The van der Waals surface area contributed by atoms with Crippen molar-refractivity contribution >= 4 is 33.7 Å². The monoisotopic (exact) mass is 409 g/mol. The molecule has 11 heteroatoms. The lowest BCUT2D eigenvalue weighted by Gasteiger charge is -2.05. The van der Waals surface area contributed by atoms with Gasteiger partial charge in [0.2, 0.25) is 0 Å². The molecule has 0 radical (unpaired) electrons. The van der Waals surface area contributed by atoms with E-state index in [1.807, 2.05) is 0 Å². The molecule has 10 nitrogen and oxygen atoms in total. The molecular formula is C17H19N3O7S. The minimum atomic E-state index is -3.67. The number of benzene rings is 2. The summed E-state index contributed by atoms with van der Waals surface area (Å²) in [6.45, 7) is 0. The van der Waals surface area contributed by atoms with Crippen molar-refractivity contribution in [3.05, 3.63) is 59.7 Å². The maximum atomic E-state index is 12.0. The van der Waals surface area contributed by atoms with Crippen molar-refractivity contribution in [3.63, 3.8) is 0 Å². The van der Waals surface area contributed by atoms with E-state index < -0.39 is 22.1 Å². The molecule has 0 aliphatic carbocycles. The summed E-state index contributed by atoms with van der Waals surface area (Å²) in [7, 11) is -3.67. The minimum absolute atomic E-state index is 0.0678. The largest absolute Gasteiger partial charge is 0.481 e. The van der Waals surface area contributed by atoms with Crippen LogP contribution in [0.1, 0.15) is 15.9 Å². The Morgan fingerprint density at radius 3 is 1.96 bits per heavy atom. The zero-order valence-corrected chi connectivity index (χ0v) is 15.6. The number of nitrogens with zero attached hydrogens (tertiary/aromatic N) is 1. The first-order valence-corrected chi connectivity index (χ1v) is 9.44. The number of hydrogen-bond acceptors (Lipinski definition) is 6. The standard InChI is InChI=1S/C16H15N3O4.CH4O3S/c17-16(18)19-12-5-3-11(4-6-12)15(22)23-13-7-1-10(2-8-13)9-14(20)21;1-5(2,3)4/h1-8H,9H2,(H,20,21)(H4,17,18,19);1H3,(H,2,3,4). The van der Waals surface area contributed by atoms with Gasteiger partial charge in [-0.3, -0.25) is 9.35 Å². The number of aliphatic carboxylic acids is 1. The maximum absolute atomic E-state index is 12.0. The Labute approximate surface area is 161 Å². The lowest BCUT2D eigenvalue weighted by Crippen LogP contribution is -2.21. The Kier molecular flexibility index (Phi) is 8.10. The number of carbonyl (C=O) groups is 2. The molecule has 6 N–H and O–H groups in total. The third-order valence-electron chi connectivity index (χ3n) is 2.85. The molecule has 2 aromatic carbocycles. The van der Waals surface area contributed by atoms with E-state index in [2.05, 4.69) is 4.99 Å². The Bertz CT molecular complexity index is 941. The van der Waals surface area contributed by atoms with Crippen LogP contribution in [0.3, 0.4) is 0 Å². The molecule has 0 aromatic heterocycles. The van der Waals surface area contributed by atoms with Crippen LogP contribution in [0.25, 0.3) is 0 Å². The van der Waals surface area contributed by atoms with Gasteiger partial charge < -0.3 is 21.3 Å². The number of esters is 1. The zero-order chi connectivity index (χ0) is 21.3. The number of carboxylic acids is 1. The predicted octanol–water partition coefficient (Wildman–Crippen LogP) is 0.942. The van der Waals surface area contributed by atoms with E-state index in [0.717, 1.165) is 0 Å². The molecule has 150 valence electrons. The molecule has 0 heterocycles. The van der Waals surface area contributed by atoms with Crippen LogP contribution in [-0.2, 0) is 21.3 Å². The zero-order valence-electron chi connectivity index (χ0n) is 14.8. The van der Waals surface area contributed by atoms with Gasteiger partial charge in [0.25, 0.3) is 10.1 Å². The van der Waals surface area contributed by atoms with Gasteiger partial charge in [-0.05, 0) is 42.0 Å². The van der Waals surface area contributed by atoms with Crippen molar-refractivity contribution in [2.75, 3.05) is 6.26 Å². The van der Waals surface area contributed by atoms with Crippen molar-refractivity contribution in [2.45, 2.75) is 6.42 Å². The van der Waals surface area contributed by atoms with E-state index in [4.69, 9.17) is 25.9 Å². The fourth-order valence-corrected chi connectivity index (χ4v) is 1.84. The van der Waals surface area contributed by atoms with Crippen LogP contribution in [0.15, 0.2) is 53.5 Å². The molecule has 0 spiro atoms. The second-order valence-electron chi connectivity index (χ2n) is 5.42. The Hall–Kier alpha value is -3.44. The van der Waals surface area contributed by atoms with Crippen LogP contribution in [0, 0.1) is 0 Å². The van der Waals surface area contributed by atoms with Gasteiger partial charge in [0, 0.05) is 0 Å². The maximum Gasteiger partial charge on any atom is 0.343 e. The highest BCUT2D eigenvalue weighted by atomic mass is 32.2. The van der Waals surface area contributed by atoms with Crippen LogP contribution < -0.4 is 16.2 Å². The summed E-state index contributed by atoms with van der Waals surface area (Å²) in [5.41, 5.74) is 12.0. The van der Waals surface area contributed by atoms with Crippen LogP contribution in [0.5, 0.6) is 5.75 Å². The summed E-state index contributed by atoms with van der Waals surface area (Å²) >= 11 is 0. The molecule has 0 bridgehead atoms. The topological polar surface area (TPSA) is 182 Å². The molecule has 0 saturated heterocycles. The summed E-state index contributed by atoms with van der Waals surface area (Å²) < 4.78 is 31.1. The average molecular weight is 409 g/mol. The van der Waals surface area contributed by atoms with E-state index in [1.165, 1.54) is 0 Å². The quantitative estimate of drug-likeness (QED) is 0.183. The van der Waals surface area contributed by atoms with E-state index in [9.17, 15) is 18.0 Å². The molecule has 0 fully saturated rings. The van der Waals surface area contributed by atoms with Crippen molar-refractivity contribution in [3.8, 4) is 5.75 Å². The van der Waals surface area contributed by atoms with Gasteiger partial charge in [-0.2, -0.15) is 8.42 Å². The number of carbonyl (C=O) groups excluding carboxylic acids is 1. The van der Waals surface area contributed by atoms with Crippen LogP contribution >= 0.6 is 0 Å². The van der Waals surface area contributed by atoms with Gasteiger partial charge in [-0.25, -0.2) is 9.79 Å². The van der Waals surface area contributed by atoms with Gasteiger partial charge in [-0.1, -0.05) is 12.1 Å². The number of nitrogens with two attached hydrogens (primary N) is 2. The van der Waals surface area contributed by atoms with Crippen molar-refractivity contribution in [2.24, 2.45) is 16.5 Å². The number of carboxylic acid groups (broad SMARTS) is 1. The van der Waals surface area contributed by atoms with Crippen LogP contribution in [-0.4, -0.2) is 42.2 Å². The Morgan fingerprint density at radius 2 is 1.54 bits per heavy atom. The Balaban J connectivity index is 0.000000696. The number of rotatable bonds is 5. The first-order valence-electron chi connectivity index (χ1n) is 7.59. The van der Waals surface area contributed by atoms with Crippen molar-refractivity contribution in [1.29, 1.82) is 0 Å². The third kappa shape index (κ3) is 9.89. The van der Waals surface area contributed by atoms with E-state index in [0.29, 0.717) is 28.8 Å². The fraction of sp³-hybridized carbons (Fsp3) is 0.118. The molecule has 28 heavy (non-hydrogen) atoms. The second-order valence-corrected chi connectivity index (χ2v) is 6.89. The highest BCUT2D eigenvalue weighted by molar-refractivity contribution is 7.85. The molecular weight excluding hydrogens is 390 g/mol. The molecule has 0 amide bonds. The number of aliphatic imine (C=N–C) groups is 1. The summed E-state index contributed by atoms with van der Waals surface area (Å²) in [5.74, 6) is -1.19. The summed E-state index contributed by atoms with van der Waals surface area (Å²) in [6.07, 6.45) is 0.632. The normalized spacial score (nSPS) is 10.2. The van der Waals surface area contributed by atoms with E-state index >= 15 is 0 Å². The van der Waals surface area contributed by atoms with Crippen molar-refractivity contribution < 1.29 is 32.4 Å². The SMILES string of the molecule is CS(=O)(=O)O.NC(N)=Nc1ccc(C(=O)Oc2ccc(CC(=O)O)cc2)cc1. The van der Waals surface area contributed by atoms with E-state index in [-0.39, 0.29) is 12.4 Å². The first-order chi connectivity index (χ1) is 12.9. The van der Waals surface area contributed by atoms with Gasteiger partial charge >= 0.3 is 11.9 Å². The highest BCUT2D eigenvalue weighted by Gasteiger charge is 2.09. The molecule has 0 atom stereocenters. The van der Waals surface area contributed by atoms with Gasteiger partial charge in [-0.15, -0.1) is 0 Å². The average Bonchev–Trinajstić information content (AvgIpc) is 2.55. The number of hydrogen-bond donors (Lipinski definition) is 4. The first kappa shape index (κ1) is 22.6. The number of ether oxygens (including phenoxy) is 1. The van der Waals surface area contributed by atoms with Crippen molar-refractivity contribution in [1.82, 2.24) is 0 Å². The van der Waals surface area contributed by atoms with Gasteiger partial charge in [0.05, 0.1) is 23.9 Å².